The number of nitrogens with zero attached hydrogens (tertiary/aromatic N) is 3. The third kappa shape index (κ3) is 2.22. The van der Waals surface area contributed by atoms with E-state index in [4.69, 9.17) is 5.14 Å². The van der Waals surface area contributed by atoms with Crippen LogP contribution in [0.5, 0.6) is 0 Å². The highest BCUT2D eigenvalue weighted by Gasteiger charge is 2.12. The molecule has 2 aromatic heterocycles. The van der Waals surface area contributed by atoms with E-state index in [1.165, 1.54) is 12.1 Å². The summed E-state index contributed by atoms with van der Waals surface area (Å²) in [7, 11) is -3.74. The van der Waals surface area contributed by atoms with E-state index in [0.717, 1.165) is 0 Å². The van der Waals surface area contributed by atoms with Gasteiger partial charge in [0, 0.05) is 30.5 Å². The van der Waals surface area contributed by atoms with Gasteiger partial charge in [0.25, 0.3) is 0 Å². The second kappa shape index (κ2) is 4.58. The molecule has 2 heterocycles. The van der Waals surface area contributed by atoms with Crippen molar-refractivity contribution in [3.63, 3.8) is 0 Å². The number of aromatic nitrogens is 4. The van der Waals surface area contributed by atoms with Gasteiger partial charge in [0.15, 0.2) is 11.6 Å². The van der Waals surface area contributed by atoms with Crippen molar-refractivity contribution < 1.29 is 8.42 Å². The number of H-pyrrole nitrogens is 1. The minimum atomic E-state index is -3.74. The summed E-state index contributed by atoms with van der Waals surface area (Å²) < 4.78 is 24.5. The Labute approximate surface area is 115 Å². The van der Waals surface area contributed by atoms with Crippen molar-refractivity contribution >= 4 is 10.0 Å². The van der Waals surface area contributed by atoms with E-state index in [2.05, 4.69) is 15.0 Å². The number of primary sulfonamides is 1. The minimum Gasteiger partial charge on any atom is -0.342 e. The molecule has 1 aromatic carbocycles. The predicted octanol–water partition coefficient (Wildman–Crippen LogP) is 0.910. The molecule has 0 saturated carbocycles. The van der Waals surface area contributed by atoms with Gasteiger partial charge in [0.05, 0.1) is 4.90 Å². The van der Waals surface area contributed by atoms with Crippen molar-refractivity contribution in [3.05, 3.63) is 49.1 Å². The van der Waals surface area contributed by atoms with E-state index in [9.17, 15) is 8.42 Å². The quantitative estimate of drug-likeness (QED) is 0.747. The molecule has 0 spiro atoms. The lowest BCUT2D eigenvalue weighted by Gasteiger charge is -2.07. The SMILES string of the molecule is NS(=O)(=O)c1cccc(-n2ccnc2-c2ncc[nH]2)c1. The van der Waals surface area contributed by atoms with Crippen LogP contribution in [0.2, 0.25) is 0 Å². The molecule has 0 amide bonds. The zero-order valence-corrected chi connectivity index (χ0v) is 11.1. The number of nitrogens with two attached hydrogens (primary N) is 1. The average molecular weight is 289 g/mol. The molecule has 8 heteroatoms. The van der Waals surface area contributed by atoms with Crippen molar-refractivity contribution in [1.82, 2.24) is 19.5 Å². The van der Waals surface area contributed by atoms with Gasteiger partial charge in [-0.2, -0.15) is 0 Å². The molecule has 0 radical (unpaired) electrons. The zero-order valence-electron chi connectivity index (χ0n) is 10.3. The number of hydrogen-bond acceptors (Lipinski definition) is 4. The van der Waals surface area contributed by atoms with Crippen molar-refractivity contribution in [2.75, 3.05) is 0 Å². The molecule has 0 atom stereocenters. The zero-order chi connectivity index (χ0) is 14.2. The molecule has 20 heavy (non-hydrogen) atoms. The molecule has 0 bridgehead atoms. The Bertz CT molecular complexity index is 836. The van der Waals surface area contributed by atoms with Crippen molar-refractivity contribution in [2.45, 2.75) is 4.90 Å². The van der Waals surface area contributed by atoms with E-state index in [1.807, 2.05) is 0 Å². The maximum atomic E-state index is 11.4. The van der Waals surface area contributed by atoms with Crippen LogP contribution in [-0.4, -0.2) is 27.9 Å². The van der Waals surface area contributed by atoms with Gasteiger partial charge in [-0.05, 0) is 18.2 Å². The van der Waals surface area contributed by atoms with Crippen LogP contribution in [0.3, 0.4) is 0 Å². The molecular weight excluding hydrogens is 278 g/mol. The minimum absolute atomic E-state index is 0.0501. The Morgan fingerprint density at radius 3 is 2.75 bits per heavy atom. The number of aromatic amines is 1. The smallest absolute Gasteiger partial charge is 0.238 e. The Kier molecular flexibility index (Phi) is 2.88. The molecule has 102 valence electrons. The van der Waals surface area contributed by atoms with E-state index in [0.29, 0.717) is 17.3 Å². The fraction of sp³-hybridized carbons (Fsp3) is 0. The van der Waals surface area contributed by atoms with Crippen LogP contribution in [0.25, 0.3) is 17.3 Å². The lowest BCUT2D eigenvalue weighted by molar-refractivity contribution is 0.597. The molecule has 0 aliphatic heterocycles. The lowest BCUT2D eigenvalue weighted by atomic mass is 10.3. The predicted molar refractivity (Wildman–Crippen MR) is 72.5 cm³/mol. The first-order valence-corrected chi connectivity index (χ1v) is 7.27. The van der Waals surface area contributed by atoms with Gasteiger partial charge in [0.2, 0.25) is 10.0 Å². The lowest BCUT2D eigenvalue weighted by Crippen LogP contribution is -2.12. The van der Waals surface area contributed by atoms with Gasteiger partial charge in [0.1, 0.15) is 0 Å². The molecule has 3 rings (SSSR count). The summed E-state index contributed by atoms with van der Waals surface area (Å²) in [6.07, 6.45) is 6.64. The highest BCUT2D eigenvalue weighted by atomic mass is 32.2. The van der Waals surface area contributed by atoms with Gasteiger partial charge in [-0.15, -0.1) is 0 Å². The number of rotatable bonds is 3. The summed E-state index contributed by atoms with van der Waals surface area (Å²) in [5, 5.41) is 5.14. The maximum absolute atomic E-state index is 11.4. The van der Waals surface area contributed by atoms with E-state index < -0.39 is 10.0 Å². The molecule has 0 saturated heterocycles. The second-order valence-electron chi connectivity index (χ2n) is 4.10. The molecule has 3 N–H and O–H groups in total. The molecule has 3 aromatic rings. The maximum Gasteiger partial charge on any atom is 0.238 e. The van der Waals surface area contributed by atoms with Crippen molar-refractivity contribution in [1.29, 1.82) is 0 Å². The first-order chi connectivity index (χ1) is 9.55. The van der Waals surface area contributed by atoms with Crippen LogP contribution in [0, 0.1) is 0 Å². The summed E-state index contributed by atoms with van der Waals surface area (Å²) in [5.41, 5.74) is 0.639. The number of nitrogens with one attached hydrogen (secondary N) is 1. The largest absolute Gasteiger partial charge is 0.342 e. The standard InChI is InChI=1S/C12H11N5O2S/c13-20(18,19)10-3-1-2-9(8-10)17-7-6-16-12(17)11-14-4-5-15-11/h1-8H,(H,14,15)(H2,13,18,19). The van der Waals surface area contributed by atoms with Crippen LogP contribution in [-0.2, 0) is 10.0 Å². The highest BCUT2D eigenvalue weighted by molar-refractivity contribution is 7.89. The van der Waals surface area contributed by atoms with Gasteiger partial charge in [-0.25, -0.2) is 23.5 Å². The fourth-order valence-corrected chi connectivity index (χ4v) is 2.44. The third-order valence-electron chi connectivity index (χ3n) is 2.78. The normalized spacial score (nSPS) is 11.7. The van der Waals surface area contributed by atoms with E-state index >= 15 is 0 Å². The monoisotopic (exact) mass is 289 g/mol. The Morgan fingerprint density at radius 1 is 1.20 bits per heavy atom. The summed E-state index contributed by atoms with van der Waals surface area (Å²) in [5.74, 6) is 1.18. The molecular formula is C12H11N5O2S. The summed E-state index contributed by atoms with van der Waals surface area (Å²) in [4.78, 5) is 11.4. The van der Waals surface area contributed by atoms with Crippen LogP contribution >= 0.6 is 0 Å². The molecule has 7 nitrogen and oxygen atoms in total. The van der Waals surface area contributed by atoms with Gasteiger partial charge >= 0.3 is 0 Å². The highest BCUT2D eigenvalue weighted by Crippen LogP contribution is 2.20. The molecule has 0 aliphatic carbocycles. The van der Waals surface area contributed by atoms with Crippen molar-refractivity contribution in [3.8, 4) is 17.3 Å². The Morgan fingerprint density at radius 2 is 2.05 bits per heavy atom. The molecule has 0 unspecified atom stereocenters. The Balaban J connectivity index is 2.14. The summed E-state index contributed by atoms with van der Waals surface area (Å²) in [6.45, 7) is 0. The number of hydrogen-bond donors (Lipinski definition) is 2. The van der Waals surface area contributed by atoms with Crippen molar-refractivity contribution in [2.24, 2.45) is 5.14 Å². The molecule has 0 aliphatic rings. The van der Waals surface area contributed by atoms with E-state index in [-0.39, 0.29) is 4.90 Å². The van der Waals surface area contributed by atoms with Gasteiger partial charge in [-0.1, -0.05) is 6.07 Å². The number of imidazole rings is 2. The first kappa shape index (κ1) is 12.6. The topological polar surface area (TPSA) is 107 Å². The summed E-state index contributed by atoms with van der Waals surface area (Å²) >= 11 is 0. The van der Waals surface area contributed by atoms with Crippen LogP contribution in [0.15, 0.2) is 53.9 Å². The van der Waals surface area contributed by atoms with Crippen LogP contribution in [0.4, 0.5) is 0 Å². The Hall–Kier alpha value is -2.45. The van der Waals surface area contributed by atoms with E-state index in [1.54, 1.807) is 41.5 Å². The molecule has 0 fully saturated rings. The number of sulfonamides is 1. The van der Waals surface area contributed by atoms with Crippen LogP contribution < -0.4 is 5.14 Å². The fourth-order valence-electron chi connectivity index (χ4n) is 1.88. The van der Waals surface area contributed by atoms with Gasteiger partial charge in [-0.3, -0.25) is 4.57 Å². The second-order valence-corrected chi connectivity index (χ2v) is 5.66. The first-order valence-electron chi connectivity index (χ1n) is 5.72. The average Bonchev–Trinajstić information content (AvgIpc) is 3.08. The summed E-state index contributed by atoms with van der Waals surface area (Å²) in [6, 6.07) is 6.33. The third-order valence-corrected chi connectivity index (χ3v) is 3.69. The number of benzene rings is 1. The van der Waals surface area contributed by atoms with Gasteiger partial charge < -0.3 is 4.98 Å². The van der Waals surface area contributed by atoms with Crippen LogP contribution in [0.1, 0.15) is 0 Å².